The van der Waals surface area contributed by atoms with Gasteiger partial charge in [-0.1, -0.05) is 6.07 Å². The van der Waals surface area contributed by atoms with E-state index in [1.165, 1.54) is 30.3 Å². The summed E-state index contributed by atoms with van der Waals surface area (Å²) < 4.78 is 44.2. The van der Waals surface area contributed by atoms with Gasteiger partial charge in [-0.2, -0.15) is 18.4 Å². The van der Waals surface area contributed by atoms with Gasteiger partial charge in [0, 0.05) is 13.1 Å². The van der Waals surface area contributed by atoms with E-state index < -0.39 is 30.2 Å². The second-order valence-corrected chi connectivity index (χ2v) is 6.22. The van der Waals surface area contributed by atoms with Crippen LogP contribution in [0.15, 0.2) is 42.5 Å². The number of carbonyl (C=O) groups is 2. The van der Waals surface area contributed by atoms with Crippen LogP contribution in [-0.2, 0) is 15.7 Å². The van der Waals surface area contributed by atoms with Gasteiger partial charge >= 0.3 is 12.1 Å². The molecule has 0 radical (unpaired) electrons. The molecule has 0 atom stereocenters. The second-order valence-electron chi connectivity index (χ2n) is 6.22. The van der Waals surface area contributed by atoms with Gasteiger partial charge in [0.15, 0.2) is 6.61 Å². The predicted octanol–water partition coefficient (Wildman–Crippen LogP) is 4.22. The van der Waals surface area contributed by atoms with Crippen LogP contribution in [0.25, 0.3) is 0 Å². The van der Waals surface area contributed by atoms with E-state index in [2.05, 4.69) is 5.32 Å². The molecule has 0 fully saturated rings. The smallest absolute Gasteiger partial charge is 0.416 e. The lowest BCUT2D eigenvalue weighted by Crippen LogP contribution is -2.26. The monoisotopic (exact) mass is 419 g/mol. The number of alkyl halides is 3. The SMILES string of the molecule is CCN(CC)c1ccc(C(F)(F)F)cc1NC(=O)COC(=O)c1cccc(C#N)c1. The Kier molecular flexibility index (Phi) is 7.42. The van der Waals surface area contributed by atoms with E-state index in [0.29, 0.717) is 18.8 Å². The van der Waals surface area contributed by atoms with Gasteiger partial charge < -0.3 is 15.0 Å². The molecular formula is C21H20F3N3O3. The van der Waals surface area contributed by atoms with Crippen LogP contribution < -0.4 is 10.2 Å². The van der Waals surface area contributed by atoms with Crippen molar-refractivity contribution in [1.82, 2.24) is 0 Å². The zero-order chi connectivity index (χ0) is 22.3. The summed E-state index contributed by atoms with van der Waals surface area (Å²) in [6.07, 6.45) is -4.57. The summed E-state index contributed by atoms with van der Waals surface area (Å²) >= 11 is 0. The summed E-state index contributed by atoms with van der Waals surface area (Å²) in [6, 6.07) is 10.7. The quantitative estimate of drug-likeness (QED) is 0.680. The molecular weight excluding hydrogens is 399 g/mol. The van der Waals surface area contributed by atoms with E-state index in [4.69, 9.17) is 10.00 Å². The maximum atomic E-state index is 13.1. The molecule has 2 aromatic carbocycles. The number of amides is 1. The van der Waals surface area contributed by atoms with Crippen LogP contribution in [0.5, 0.6) is 0 Å². The number of halogens is 3. The molecule has 158 valence electrons. The van der Waals surface area contributed by atoms with Crippen LogP contribution in [0.1, 0.15) is 35.3 Å². The number of benzene rings is 2. The van der Waals surface area contributed by atoms with Crippen LogP contribution in [0.3, 0.4) is 0 Å². The van der Waals surface area contributed by atoms with Gasteiger partial charge in [0.2, 0.25) is 0 Å². The molecule has 1 amide bonds. The minimum atomic E-state index is -4.57. The molecule has 0 aliphatic heterocycles. The molecule has 0 aliphatic carbocycles. The third-order valence-electron chi connectivity index (χ3n) is 4.26. The Bertz CT molecular complexity index is 964. The molecule has 0 saturated carbocycles. The maximum Gasteiger partial charge on any atom is 0.416 e. The number of nitriles is 1. The number of hydrogen-bond acceptors (Lipinski definition) is 5. The van der Waals surface area contributed by atoms with Gasteiger partial charge in [-0.15, -0.1) is 0 Å². The maximum absolute atomic E-state index is 13.1. The highest BCUT2D eigenvalue weighted by Gasteiger charge is 2.31. The molecule has 6 nitrogen and oxygen atoms in total. The molecule has 0 aliphatic rings. The van der Waals surface area contributed by atoms with Crippen molar-refractivity contribution >= 4 is 23.3 Å². The first-order valence-corrected chi connectivity index (χ1v) is 9.12. The number of anilines is 2. The van der Waals surface area contributed by atoms with Crippen molar-refractivity contribution < 1.29 is 27.5 Å². The van der Waals surface area contributed by atoms with Crippen molar-refractivity contribution in [3.8, 4) is 6.07 Å². The Morgan fingerprint density at radius 3 is 2.43 bits per heavy atom. The summed E-state index contributed by atoms with van der Waals surface area (Å²) in [4.78, 5) is 26.1. The second kappa shape index (κ2) is 9.78. The van der Waals surface area contributed by atoms with Gasteiger partial charge in [0.05, 0.1) is 34.1 Å². The third-order valence-corrected chi connectivity index (χ3v) is 4.26. The van der Waals surface area contributed by atoms with E-state index in [0.717, 1.165) is 12.1 Å². The predicted molar refractivity (Wildman–Crippen MR) is 105 cm³/mol. The number of ether oxygens (including phenoxy) is 1. The Hall–Kier alpha value is -3.54. The lowest BCUT2D eigenvalue weighted by Gasteiger charge is -2.25. The summed E-state index contributed by atoms with van der Waals surface area (Å²) in [5.74, 6) is -1.61. The summed E-state index contributed by atoms with van der Waals surface area (Å²) in [7, 11) is 0. The van der Waals surface area contributed by atoms with E-state index in [-0.39, 0.29) is 16.8 Å². The summed E-state index contributed by atoms with van der Waals surface area (Å²) in [5.41, 5.74) is -0.166. The fraction of sp³-hybridized carbons (Fsp3) is 0.286. The first-order valence-electron chi connectivity index (χ1n) is 9.12. The lowest BCUT2D eigenvalue weighted by atomic mass is 10.1. The summed E-state index contributed by atoms with van der Waals surface area (Å²) in [6.45, 7) is 4.03. The lowest BCUT2D eigenvalue weighted by molar-refractivity contribution is -0.137. The first kappa shape index (κ1) is 22.7. The topological polar surface area (TPSA) is 82.4 Å². The Balaban J connectivity index is 2.16. The minimum absolute atomic E-state index is 0.0268. The van der Waals surface area contributed by atoms with Crippen molar-refractivity contribution in [1.29, 1.82) is 5.26 Å². The molecule has 9 heteroatoms. The molecule has 0 heterocycles. The molecule has 2 rings (SSSR count). The van der Waals surface area contributed by atoms with Gasteiger partial charge in [-0.05, 0) is 50.2 Å². The molecule has 0 unspecified atom stereocenters. The first-order chi connectivity index (χ1) is 14.2. The highest BCUT2D eigenvalue weighted by molar-refractivity contribution is 5.97. The van der Waals surface area contributed by atoms with Crippen LogP contribution in [0.4, 0.5) is 24.5 Å². The van der Waals surface area contributed by atoms with E-state index in [1.807, 2.05) is 19.9 Å². The van der Waals surface area contributed by atoms with Crippen LogP contribution in [0, 0.1) is 11.3 Å². The van der Waals surface area contributed by atoms with Crippen molar-refractivity contribution in [3.63, 3.8) is 0 Å². The standard InChI is InChI=1S/C21H20F3N3O3/c1-3-27(4-2)18-9-8-16(21(22,23)24)11-17(18)26-19(28)13-30-20(29)15-7-5-6-14(10-15)12-25/h5-11H,3-4,13H2,1-2H3,(H,26,28). The normalized spacial score (nSPS) is 10.8. The van der Waals surface area contributed by atoms with Crippen molar-refractivity contribution in [2.24, 2.45) is 0 Å². The van der Waals surface area contributed by atoms with Gasteiger partial charge in [-0.25, -0.2) is 4.79 Å². The number of hydrogen-bond donors (Lipinski definition) is 1. The summed E-state index contributed by atoms with van der Waals surface area (Å²) in [5, 5.41) is 11.3. The van der Waals surface area contributed by atoms with Gasteiger partial charge in [0.1, 0.15) is 0 Å². The van der Waals surface area contributed by atoms with E-state index >= 15 is 0 Å². The van der Waals surface area contributed by atoms with Gasteiger partial charge in [-0.3, -0.25) is 4.79 Å². The fourth-order valence-electron chi connectivity index (χ4n) is 2.77. The molecule has 0 spiro atoms. The van der Waals surface area contributed by atoms with Crippen molar-refractivity contribution in [3.05, 3.63) is 59.2 Å². The van der Waals surface area contributed by atoms with Crippen molar-refractivity contribution in [2.75, 3.05) is 29.9 Å². The molecule has 0 aromatic heterocycles. The minimum Gasteiger partial charge on any atom is -0.452 e. The van der Waals surface area contributed by atoms with E-state index in [9.17, 15) is 22.8 Å². The highest BCUT2D eigenvalue weighted by Crippen LogP contribution is 2.35. The van der Waals surface area contributed by atoms with Crippen molar-refractivity contribution in [2.45, 2.75) is 20.0 Å². The molecule has 0 bridgehead atoms. The van der Waals surface area contributed by atoms with Gasteiger partial charge in [0.25, 0.3) is 5.91 Å². The van der Waals surface area contributed by atoms with Crippen LogP contribution >= 0.6 is 0 Å². The Morgan fingerprint density at radius 1 is 1.13 bits per heavy atom. The molecule has 2 aromatic rings. The molecule has 0 saturated heterocycles. The number of nitrogens with zero attached hydrogens (tertiary/aromatic N) is 2. The van der Waals surface area contributed by atoms with Crippen LogP contribution in [0.2, 0.25) is 0 Å². The average Bonchev–Trinajstić information content (AvgIpc) is 2.73. The number of nitrogens with one attached hydrogen (secondary N) is 1. The number of carbonyl (C=O) groups excluding carboxylic acids is 2. The third kappa shape index (κ3) is 5.73. The molecule has 30 heavy (non-hydrogen) atoms. The Labute approximate surface area is 171 Å². The van der Waals surface area contributed by atoms with E-state index in [1.54, 1.807) is 4.90 Å². The number of rotatable bonds is 7. The average molecular weight is 419 g/mol. The molecule has 1 N–H and O–H groups in total. The van der Waals surface area contributed by atoms with Crippen LogP contribution in [-0.4, -0.2) is 31.6 Å². The zero-order valence-electron chi connectivity index (χ0n) is 16.4. The number of esters is 1. The highest BCUT2D eigenvalue weighted by atomic mass is 19.4. The zero-order valence-corrected chi connectivity index (χ0v) is 16.4. The fourth-order valence-corrected chi connectivity index (χ4v) is 2.77. The largest absolute Gasteiger partial charge is 0.452 e. The Morgan fingerprint density at radius 2 is 1.83 bits per heavy atom.